The summed E-state index contributed by atoms with van der Waals surface area (Å²) >= 11 is 5.71. The van der Waals surface area contributed by atoms with Crippen molar-refractivity contribution < 1.29 is 25.3 Å². The second kappa shape index (κ2) is 5.48. The smallest absolute Gasteiger partial charge is 0.247 e. The summed E-state index contributed by atoms with van der Waals surface area (Å²) in [6, 6.07) is 3.11. The van der Waals surface area contributed by atoms with E-state index < -0.39 is 35.0 Å². The maximum Gasteiger partial charge on any atom is 0.247 e. The maximum absolute atomic E-state index is 11.6. The maximum atomic E-state index is 11.6. The fraction of sp³-hybridized carbons (Fsp3) is 0.250. The third-order valence-electron chi connectivity index (χ3n) is 1.90. The first-order chi connectivity index (χ1) is 8.80. The van der Waals surface area contributed by atoms with Gasteiger partial charge in [-0.2, -0.15) is 0 Å². The van der Waals surface area contributed by atoms with Crippen LogP contribution in [0.4, 0.5) is 5.69 Å². The van der Waals surface area contributed by atoms with Crippen LogP contribution in [0.1, 0.15) is 0 Å². The standard InChI is InChI=1S/C8H11ClN2O6S3/c1-18(12,13)5-19(14,15)11-8-4-6(20(10,16)17)2-3-7(8)9/h2-4,11H,5H2,1H3,(H2,10,16,17). The molecule has 0 spiro atoms. The van der Waals surface area contributed by atoms with Crippen LogP contribution in [0.2, 0.25) is 5.02 Å². The Morgan fingerprint density at radius 1 is 1.15 bits per heavy atom. The Kier molecular flexibility index (Phi) is 4.71. The molecule has 20 heavy (non-hydrogen) atoms. The van der Waals surface area contributed by atoms with Crippen molar-refractivity contribution in [1.29, 1.82) is 0 Å². The van der Waals surface area contributed by atoms with Crippen molar-refractivity contribution >= 4 is 47.2 Å². The van der Waals surface area contributed by atoms with Gasteiger partial charge in [0.1, 0.15) is 0 Å². The van der Waals surface area contributed by atoms with E-state index in [9.17, 15) is 25.3 Å². The number of nitrogens with one attached hydrogen (secondary N) is 1. The number of anilines is 1. The zero-order valence-electron chi connectivity index (χ0n) is 10.1. The second-order valence-corrected chi connectivity index (χ2v) is 10.1. The highest BCUT2D eigenvalue weighted by Gasteiger charge is 2.20. The minimum atomic E-state index is -4.24. The summed E-state index contributed by atoms with van der Waals surface area (Å²) in [5.41, 5.74) is -0.276. The predicted octanol–water partition coefficient (Wildman–Crippen LogP) is -0.269. The molecule has 1 rings (SSSR count). The van der Waals surface area contributed by atoms with E-state index in [1.54, 1.807) is 0 Å². The summed E-state index contributed by atoms with van der Waals surface area (Å²) in [5, 5.41) is 3.64. The van der Waals surface area contributed by atoms with E-state index in [1.165, 1.54) is 0 Å². The number of hydrogen-bond acceptors (Lipinski definition) is 6. The summed E-state index contributed by atoms with van der Waals surface area (Å²) in [6.07, 6.45) is 0.745. The number of primary sulfonamides is 1. The zero-order valence-corrected chi connectivity index (χ0v) is 13.3. The number of nitrogens with two attached hydrogens (primary N) is 1. The van der Waals surface area contributed by atoms with Gasteiger partial charge in [-0.1, -0.05) is 11.6 Å². The fourth-order valence-electron chi connectivity index (χ4n) is 1.24. The van der Waals surface area contributed by atoms with E-state index in [0.717, 1.165) is 24.5 Å². The monoisotopic (exact) mass is 362 g/mol. The Labute approximate surface area is 122 Å². The molecule has 0 saturated heterocycles. The Morgan fingerprint density at radius 3 is 2.15 bits per heavy atom. The van der Waals surface area contributed by atoms with E-state index >= 15 is 0 Å². The molecule has 0 aliphatic carbocycles. The van der Waals surface area contributed by atoms with Crippen LogP contribution in [0.3, 0.4) is 0 Å². The first-order valence-electron chi connectivity index (χ1n) is 4.81. The van der Waals surface area contributed by atoms with Gasteiger partial charge >= 0.3 is 0 Å². The number of sulfone groups is 1. The van der Waals surface area contributed by atoms with Gasteiger partial charge in [-0.25, -0.2) is 30.4 Å². The molecule has 0 heterocycles. The van der Waals surface area contributed by atoms with Gasteiger partial charge in [0.15, 0.2) is 14.9 Å². The molecule has 114 valence electrons. The van der Waals surface area contributed by atoms with Crippen molar-refractivity contribution in [3.8, 4) is 0 Å². The molecule has 0 atom stereocenters. The van der Waals surface area contributed by atoms with Crippen LogP contribution in [0.5, 0.6) is 0 Å². The average Bonchev–Trinajstić information content (AvgIpc) is 2.15. The summed E-state index contributed by atoms with van der Waals surface area (Å²) in [6.45, 7) is 0. The molecule has 0 unspecified atom stereocenters. The van der Waals surface area contributed by atoms with Crippen molar-refractivity contribution in [2.24, 2.45) is 5.14 Å². The van der Waals surface area contributed by atoms with Crippen LogP contribution in [0, 0.1) is 0 Å². The number of sulfonamides is 2. The van der Waals surface area contributed by atoms with Gasteiger partial charge in [-0.3, -0.25) is 4.72 Å². The van der Waals surface area contributed by atoms with Crippen LogP contribution in [0.15, 0.2) is 23.1 Å². The van der Waals surface area contributed by atoms with Crippen molar-refractivity contribution in [3.63, 3.8) is 0 Å². The van der Waals surface area contributed by atoms with E-state index in [1.807, 2.05) is 4.72 Å². The highest BCUT2D eigenvalue weighted by Crippen LogP contribution is 2.25. The number of hydrogen-bond donors (Lipinski definition) is 2. The number of halogens is 1. The molecule has 0 aromatic heterocycles. The van der Waals surface area contributed by atoms with Crippen LogP contribution in [0.25, 0.3) is 0 Å². The fourth-order valence-corrected chi connectivity index (χ4v) is 4.99. The Balaban J connectivity index is 3.22. The van der Waals surface area contributed by atoms with Crippen molar-refractivity contribution in [2.45, 2.75) is 4.90 Å². The Bertz CT molecular complexity index is 829. The molecule has 0 fully saturated rings. The lowest BCUT2D eigenvalue weighted by Crippen LogP contribution is -2.22. The van der Waals surface area contributed by atoms with Crippen LogP contribution in [-0.4, -0.2) is 36.6 Å². The van der Waals surface area contributed by atoms with Gasteiger partial charge < -0.3 is 0 Å². The molecule has 0 aliphatic rings. The van der Waals surface area contributed by atoms with Gasteiger partial charge in [-0.15, -0.1) is 0 Å². The highest BCUT2D eigenvalue weighted by molar-refractivity contribution is 8.08. The van der Waals surface area contributed by atoms with Crippen LogP contribution in [-0.2, 0) is 29.9 Å². The van der Waals surface area contributed by atoms with Crippen molar-refractivity contribution in [2.75, 3.05) is 16.1 Å². The number of benzene rings is 1. The van der Waals surface area contributed by atoms with E-state index in [2.05, 4.69) is 0 Å². The molecule has 0 amide bonds. The molecule has 1 aromatic rings. The molecular formula is C8H11ClN2O6S3. The molecule has 0 bridgehead atoms. The molecule has 1 aromatic carbocycles. The summed E-state index contributed by atoms with van der Waals surface area (Å²) in [4.78, 5) is -0.362. The first-order valence-corrected chi connectivity index (χ1v) is 10.4. The lowest BCUT2D eigenvalue weighted by molar-refractivity contribution is 0.593. The zero-order chi connectivity index (χ0) is 15.8. The topological polar surface area (TPSA) is 140 Å². The van der Waals surface area contributed by atoms with Crippen LogP contribution < -0.4 is 9.86 Å². The van der Waals surface area contributed by atoms with E-state index in [4.69, 9.17) is 16.7 Å². The van der Waals surface area contributed by atoms with Crippen molar-refractivity contribution in [3.05, 3.63) is 23.2 Å². The molecule has 3 N–H and O–H groups in total. The quantitative estimate of drug-likeness (QED) is 0.738. The van der Waals surface area contributed by atoms with Gasteiger partial charge in [0.05, 0.1) is 15.6 Å². The minimum Gasteiger partial charge on any atom is -0.281 e. The largest absolute Gasteiger partial charge is 0.281 e. The van der Waals surface area contributed by atoms with Gasteiger partial charge in [0.25, 0.3) is 0 Å². The predicted molar refractivity (Wildman–Crippen MR) is 75.1 cm³/mol. The number of rotatable bonds is 5. The molecule has 8 nitrogen and oxygen atoms in total. The second-order valence-electron chi connectivity index (χ2n) is 3.95. The minimum absolute atomic E-state index is 0.102. The summed E-state index contributed by atoms with van der Waals surface area (Å²) in [5.74, 6) is 0. The third kappa shape index (κ3) is 5.25. The van der Waals surface area contributed by atoms with Gasteiger partial charge in [-0.05, 0) is 18.2 Å². The third-order valence-corrected chi connectivity index (χ3v) is 6.63. The molecule has 0 radical (unpaired) electrons. The van der Waals surface area contributed by atoms with Crippen LogP contribution >= 0.6 is 11.6 Å². The van der Waals surface area contributed by atoms with E-state index in [0.29, 0.717) is 0 Å². The van der Waals surface area contributed by atoms with E-state index in [-0.39, 0.29) is 15.6 Å². The lowest BCUT2D eigenvalue weighted by atomic mass is 10.3. The summed E-state index contributed by atoms with van der Waals surface area (Å²) in [7, 11) is -12.1. The van der Waals surface area contributed by atoms with Gasteiger partial charge in [0, 0.05) is 6.26 Å². The summed E-state index contributed by atoms with van der Waals surface area (Å²) < 4.78 is 69.4. The SMILES string of the molecule is CS(=O)(=O)CS(=O)(=O)Nc1cc(S(N)(=O)=O)ccc1Cl. The van der Waals surface area contributed by atoms with Gasteiger partial charge in [0.2, 0.25) is 20.0 Å². The normalized spacial score (nSPS) is 13.2. The highest BCUT2D eigenvalue weighted by atomic mass is 35.5. The first kappa shape index (κ1) is 17.2. The molecular weight excluding hydrogens is 352 g/mol. The molecule has 0 saturated carbocycles. The Morgan fingerprint density at radius 2 is 1.70 bits per heavy atom. The lowest BCUT2D eigenvalue weighted by Gasteiger charge is -2.10. The molecule has 12 heteroatoms. The Hall–Kier alpha value is -0.880. The average molecular weight is 363 g/mol. The van der Waals surface area contributed by atoms with Crippen molar-refractivity contribution in [1.82, 2.24) is 0 Å². The molecule has 0 aliphatic heterocycles.